The smallest absolute Gasteiger partial charge is 0.247 e. The van der Waals surface area contributed by atoms with Gasteiger partial charge in [-0.05, 0) is 42.5 Å². The van der Waals surface area contributed by atoms with Gasteiger partial charge in [-0.1, -0.05) is 18.2 Å². The van der Waals surface area contributed by atoms with Crippen molar-refractivity contribution in [2.45, 2.75) is 0 Å². The third-order valence-electron chi connectivity index (χ3n) is 4.64. The van der Waals surface area contributed by atoms with Crippen LogP contribution < -0.4 is 16.0 Å². The van der Waals surface area contributed by atoms with Crippen molar-refractivity contribution in [2.24, 2.45) is 7.05 Å². The maximum Gasteiger partial charge on any atom is 0.247 e. The lowest BCUT2D eigenvalue weighted by molar-refractivity contribution is -0.111. The van der Waals surface area contributed by atoms with Gasteiger partial charge in [0.05, 0.1) is 17.6 Å². The standard InChI is InChI=1S/C23H18ClF2N7O/c1-3-21(34)29-14-5-7-19(26)20(9-14)31-22-17(16-8-13(25)4-6-18(16)24)11-27-23(32-22)30-15-10-28-33(2)12-15/h3-12H,1H2,2H3,(H,29,34)(H2,27,30,31,32). The van der Waals surface area contributed by atoms with Crippen LogP contribution in [0.25, 0.3) is 11.1 Å². The molecule has 34 heavy (non-hydrogen) atoms. The van der Waals surface area contributed by atoms with Crippen LogP contribution in [0.1, 0.15) is 0 Å². The molecule has 4 rings (SSSR count). The van der Waals surface area contributed by atoms with Crippen molar-refractivity contribution in [3.8, 4) is 11.1 Å². The maximum atomic E-state index is 14.7. The molecule has 0 aliphatic heterocycles. The number of halogens is 3. The summed E-state index contributed by atoms with van der Waals surface area (Å²) in [4.78, 5) is 20.4. The Morgan fingerprint density at radius 2 is 1.91 bits per heavy atom. The Hall–Kier alpha value is -4.31. The van der Waals surface area contributed by atoms with E-state index in [9.17, 15) is 13.6 Å². The number of aryl methyl sites for hydroxylation is 1. The second kappa shape index (κ2) is 9.67. The molecule has 4 aromatic rings. The average Bonchev–Trinajstić information content (AvgIpc) is 3.22. The summed E-state index contributed by atoms with van der Waals surface area (Å²) in [5, 5.41) is 12.8. The quantitative estimate of drug-likeness (QED) is 0.305. The lowest BCUT2D eigenvalue weighted by atomic mass is 10.1. The van der Waals surface area contributed by atoms with Crippen molar-refractivity contribution < 1.29 is 13.6 Å². The largest absolute Gasteiger partial charge is 0.337 e. The summed E-state index contributed by atoms with van der Waals surface area (Å²) in [6.07, 6.45) is 5.84. The Labute approximate surface area is 198 Å². The highest BCUT2D eigenvalue weighted by Crippen LogP contribution is 2.35. The van der Waals surface area contributed by atoms with E-state index >= 15 is 0 Å². The van der Waals surface area contributed by atoms with Gasteiger partial charge in [0.2, 0.25) is 11.9 Å². The molecule has 8 nitrogen and oxygen atoms in total. The fraction of sp³-hybridized carbons (Fsp3) is 0.0435. The summed E-state index contributed by atoms with van der Waals surface area (Å²) in [7, 11) is 1.76. The Kier molecular flexibility index (Phi) is 6.51. The molecule has 0 radical (unpaired) electrons. The van der Waals surface area contributed by atoms with Gasteiger partial charge in [-0.2, -0.15) is 10.1 Å². The van der Waals surface area contributed by atoms with E-state index in [1.165, 1.54) is 42.6 Å². The van der Waals surface area contributed by atoms with E-state index in [2.05, 4.69) is 37.6 Å². The van der Waals surface area contributed by atoms with Crippen LogP contribution in [0.2, 0.25) is 5.02 Å². The minimum absolute atomic E-state index is 0.0154. The van der Waals surface area contributed by atoms with Crippen molar-refractivity contribution in [2.75, 3.05) is 16.0 Å². The number of hydrogen-bond donors (Lipinski definition) is 3. The second-order valence-electron chi connectivity index (χ2n) is 7.12. The first-order valence-corrected chi connectivity index (χ1v) is 10.3. The van der Waals surface area contributed by atoms with Gasteiger partial charge in [-0.15, -0.1) is 0 Å². The van der Waals surface area contributed by atoms with Gasteiger partial charge < -0.3 is 16.0 Å². The number of rotatable bonds is 7. The number of nitrogens with zero attached hydrogens (tertiary/aromatic N) is 4. The topological polar surface area (TPSA) is 96.8 Å². The lowest BCUT2D eigenvalue weighted by Gasteiger charge is -2.15. The number of amides is 1. The Morgan fingerprint density at radius 1 is 1.09 bits per heavy atom. The lowest BCUT2D eigenvalue weighted by Crippen LogP contribution is -2.08. The van der Waals surface area contributed by atoms with E-state index in [1.54, 1.807) is 24.1 Å². The molecule has 0 aliphatic rings. The van der Waals surface area contributed by atoms with Gasteiger partial charge in [0.25, 0.3) is 0 Å². The summed E-state index contributed by atoms with van der Waals surface area (Å²) in [5.41, 5.74) is 1.63. The average molecular weight is 482 g/mol. The van der Waals surface area contributed by atoms with E-state index in [4.69, 9.17) is 11.6 Å². The molecule has 2 heterocycles. The number of aromatic nitrogens is 4. The molecule has 0 saturated heterocycles. The first kappa shape index (κ1) is 22.9. The Bertz CT molecular complexity index is 1390. The summed E-state index contributed by atoms with van der Waals surface area (Å²) in [6.45, 7) is 3.40. The van der Waals surface area contributed by atoms with Crippen molar-refractivity contribution in [1.29, 1.82) is 0 Å². The van der Waals surface area contributed by atoms with E-state index < -0.39 is 17.5 Å². The summed E-state index contributed by atoms with van der Waals surface area (Å²) < 4.78 is 30.2. The van der Waals surface area contributed by atoms with Gasteiger partial charge in [-0.25, -0.2) is 13.8 Å². The number of carbonyl (C=O) groups is 1. The molecule has 3 N–H and O–H groups in total. The van der Waals surface area contributed by atoms with Gasteiger partial charge in [-0.3, -0.25) is 9.48 Å². The first-order chi connectivity index (χ1) is 16.3. The molecular weight excluding hydrogens is 464 g/mol. The highest BCUT2D eigenvalue weighted by Gasteiger charge is 2.16. The van der Waals surface area contributed by atoms with Crippen LogP contribution in [0, 0.1) is 11.6 Å². The normalized spacial score (nSPS) is 10.6. The molecule has 0 saturated carbocycles. The third-order valence-corrected chi connectivity index (χ3v) is 4.97. The van der Waals surface area contributed by atoms with Crippen molar-refractivity contribution in [1.82, 2.24) is 19.7 Å². The Morgan fingerprint density at radius 3 is 2.65 bits per heavy atom. The fourth-order valence-corrected chi connectivity index (χ4v) is 3.29. The van der Waals surface area contributed by atoms with Crippen LogP contribution in [0.15, 0.2) is 67.6 Å². The minimum atomic E-state index is -0.603. The molecule has 172 valence electrons. The van der Waals surface area contributed by atoms with Crippen LogP contribution >= 0.6 is 11.6 Å². The summed E-state index contributed by atoms with van der Waals surface area (Å²) in [6, 6.07) is 7.85. The van der Waals surface area contributed by atoms with Crippen LogP contribution in [0.5, 0.6) is 0 Å². The minimum Gasteiger partial charge on any atom is -0.337 e. The highest BCUT2D eigenvalue weighted by atomic mass is 35.5. The Balaban J connectivity index is 1.77. The van der Waals surface area contributed by atoms with Crippen LogP contribution in [-0.4, -0.2) is 25.7 Å². The molecule has 0 aliphatic carbocycles. The van der Waals surface area contributed by atoms with E-state index in [0.29, 0.717) is 22.5 Å². The maximum absolute atomic E-state index is 14.7. The highest BCUT2D eigenvalue weighted by molar-refractivity contribution is 6.33. The van der Waals surface area contributed by atoms with E-state index in [-0.39, 0.29) is 22.5 Å². The van der Waals surface area contributed by atoms with E-state index in [0.717, 1.165) is 6.08 Å². The molecule has 1 amide bonds. The molecule has 2 aromatic carbocycles. The van der Waals surface area contributed by atoms with Gasteiger partial charge in [0.15, 0.2) is 0 Å². The predicted molar refractivity (Wildman–Crippen MR) is 127 cm³/mol. The van der Waals surface area contributed by atoms with Gasteiger partial charge in [0, 0.05) is 41.3 Å². The number of carbonyl (C=O) groups excluding carboxylic acids is 1. The molecule has 2 aromatic heterocycles. The van der Waals surface area contributed by atoms with Crippen molar-refractivity contribution in [3.05, 3.63) is 84.3 Å². The van der Waals surface area contributed by atoms with Gasteiger partial charge in [0.1, 0.15) is 17.5 Å². The number of hydrogen-bond acceptors (Lipinski definition) is 6. The van der Waals surface area contributed by atoms with E-state index in [1.807, 2.05) is 0 Å². The predicted octanol–water partition coefficient (Wildman–Crippen LogP) is 5.42. The zero-order valence-corrected chi connectivity index (χ0v) is 18.6. The number of anilines is 5. The zero-order chi connectivity index (χ0) is 24.2. The molecular formula is C23H18ClF2N7O. The van der Waals surface area contributed by atoms with Crippen LogP contribution in [0.4, 0.5) is 37.6 Å². The van der Waals surface area contributed by atoms with Crippen molar-refractivity contribution >= 4 is 46.3 Å². The first-order valence-electron chi connectivity index (χ1n) is 9.90. The number of nitrogens with one attached hydrogen (secondary N) is 3. The molecule has 0 unspecified atom stereocenters. The van der Waals surface area contributed by atoms with Gasteiger partial charge >= 0.3 is 0 Å². The third kappa shape index (κ3) is 5.18. The summed E-state index contributed by atoms with van der Waals surface area (Å²) in [5.74, 6) is -1.23. The zero-order valence-electron chi connectivity index (χ0n) is 17.8. The second-order valence-corrected chi connectivity index (χ2v) is 7.53. The molecule has 0 fully saturated rings. The SMILES string of the molecule is C=CC(=O)Nc1ccc(F)c(Nc2nc(Nc3cnn(C)c3)ncc2-c2cc(F)ccc2Cl)c1. The van der Waals surface area contributed by atoms with Crippen LogP contribution in [0.3, 0.4) is 0 Å². The molecule has 0 bridgehead atoms. The summed E-state index contributed by atoms with van der Waals surface area (Å²) >= 11 is 6.30. The molecule has 11 heteroatoms. The molecule has 0 atom stereocenters. The monoisotopic (exact) mass is 481 g/mol. The molecule has 0 spiro atoms. The van der Waals surface area contributed by atoms with Crippen molar-refractivity contribution in [3.63, 3.8) is 0 Å². The van der Waals surface area contributed by atoms with Crippen LogP contribution in [-0.2, 0) is 11.8 Å². The fourth-order valence-electron chi connectivity index (χ4n) is 3.07. The number of benzene rings is 2.